The SMILES string of the molecule is CC1(C)CCC2CCCCC2(C)C1=O. The summed E-state index contributed by atoms with van der Waals surface area (Å²) in [4.78, 5) is 12.4. The average molecular weight is 194 g/mol. The Balaban J connectivity index is 2.28. The number of hydrogen-bond donors (Lipinski definition) is 0. The Bertz CT molecular complexity index is 254. The fourth-order valence-electron chi connectivity index (χ4n) is 3.59. The van der Waals surface area contributed by atoms with Crippen molar-refractivity contribution in [2.24, 2.45) is 16.7 Å². The molecule has 2 aliphatic rings. The third kappa shape index (κ3) is 1.32. The highest BCUT2D eigenvalue weighted by Crippen LogP contribution is 2.53. The lowest BCUT2D eigenvalue weighted by Crippen LogP contribution is -2.49. The minimum atomic E-state index is -0.0530. The van der Waals surface area contributed by atoms with Crippen LogP contribution in [0.4, 0.5) is 0 Å². The van der Waals surface area contributed by atoms with Crippen molar-refractivity contribution in [1.29, 1.82) is 0 Å². The first-order valence-corrected chi connectivity index (χ1v) is 6.02. The quantitative estimate of drug-likeness (QED) is 0.576. The maximum absolute atomic E-state index is 12.4. The molecule has 0 aromatic carbocycles. The summed E-state index contributed by atoms with van der Waals surface area (Å²) >= 11 is 0. The molecule has 2 rings (SSSR count). The molecule has 0 heterocycles. The summed E-state index contributed by atoms with van der Waals surface area (Å²) in [5.41, 5.74) is -0.0252. The van der Waals surface area contributed by atoms with Crippen LogP contribution in [-0.2, 0) is 4.79 Å². The predicted molar refractivity (Wildman–Crippen MR) is 58.1 cm³/mol. The number of carbonyl (C=O) groups is 1. The second kappa shape index (κ2) is 3.08. The Labute approximate surface area is 87.3 Å². The summed E-state index contributed by atoms with van der Waals surface area (Å²) in [7, 11) is 0. The first-order valence-electron chi connectivity index (χ1n) is 6.02. The van der Waals surface area contributed by atoms with Gasteiger partial charge in [-0.15, -0.1) is 0 Å². The van der Waals surface area contributed by atoms with E-state index in [1.54, 1.807) is 0 Å². The van der Waals surface area contributed by atoms with Gasteiger partial charge < -0.3 is 0 Å². The van der Waals surface area contributed by atoms with E-state index in [1.165, 1.54) is 25.7 Å². The van der Waals surface area contributed by atoms with Crippen LogP contribution in [0.3, 0.4) is 0 Å². The zero-order valence-corrected chi connectivity index (χ0v) is 9.73. The van der Waals surface area contributed by atoms with Crippen molar-refractivity contribution in [2.75, 3.05) is 0 Å². The van der Waals surface area contributed by atoms with Gasteiger partial charge in [-0.05, 0) is 31.6 Å². The lowest BCUT2D eigenvalue weighted by Gasteiger charge is -2.49. The Morgan fingerprint density at radius 1 is 1.07 bits per heavy atom. The van der Waals surface area contributed by atoms with Gasteiger partial charge in [-0.25, -0.2) is 0 Å². The summed E-state index contributed by atoms with van der Waals surface area (Å²) in [5.74, 6) is 1.23. The van der Waals surface area contributed by atoms with Gasteiger partial charge in [0, 0.05) is 10.8 Å². The molecule has 1 nitrogen and oxygen atoms in total. The molecule has 2 fully saturated rings. The average Bonchev–Trinajstić information content (AvgIpc) is 2.14. The lowest BCUT2D eigenvalue weighted by atomic mass is 9.54. The monoisotopic (exact) mass is 194 g/mol. The van der Waals surface area contributed by atoms with Crippen molar-refractivity contribution in [1.82, 2.24) is 0 Å². The zero-order valence-electron chi connectivity index (χ0n) is 9.73. The molecule has 0 aromatic rings. The molecule has 1 heteroatoms. The maximum atomic E-state index is 12.4. The topological polar surface area (TPSA) is 17.1 Å². The molecule has 0 spiro atoms. The van der Waals surface area contributed by atoms with E-state index in [2.05, 4.69) is 20.8 Å². The molecule has 0 N–H and O–H groups in total. The summed E-state index contributed by atoms with van der Waals surface area (Å²) in [6.07, 6.45) is 7.41. The smallest absolute Gasteiger partial charge is 0.144 e. The third-order valence-electron chi connectivity index (χ3n) is 4.65. The zero-order chi connectivity index (χ0) is 10.4. The van der Waals surface area contributed by atoms with Crippen LogP contribution in [0.5, 0.6) is 0 Å². The highest BCUT2D eigenvalue weighted by Gasteiger charge is 2.51. The van der Waals surface area contributed by atoms with E-state index in [0.29, 0.717) is 11.7 Å². The standard InChI is InChI=1S/C13H22O/c1-12(2)9-7-10-6-4-5-8-13(10,3)11(12)14/h10H,4-9H2,1-3H3. The Morgan fingerprint density at radius 2 is 1.79 bits per heavy atom. The van der Waals surface area contributed by atoms with Crippen LogP contribution in [-0.4, -0.2) is 5.78 Å². The normalized spacial score (nSPS) is 41.9. The molecule has 0 bridgehead atoms. The van der Waals surface area contributed by atoms with Crippen molar-refractivity contribution >= 4 is 5.78 Å². The Morgan fingerprint density at radius 3 is 2.50 bits per heavy atom. The number of ketones is 1. The lowest BCUT2D eigenvalue weighted by molar-refractivity contribution is -0.148. The fraction of sp³-hybridized carbons (Fsp3) is 0.923. The van der Waals surface area contributed by atoms with Crippen LogP contribution in [0.1, 0.15) is 59.3 Å². The molecule has 0 amide bonds. The van der Waals surface area contributed by atoms with Crippen molar-refractivity contribution in [3.05, 3.63) is 0 Å². The largest absolute Gasteiger partial charge is 0.298 e. The van der Waals surface area contributed by atoms with Gasteiger partial charge in [0.15, 0.2) is 0 Å². The van der Waals surface area contributed by atoms with E-state index in [1.807, 2.05) is 0 Å². The molecule has 2 atom stereocenters. The molecular weight excluding hydrogens is 172 g/mol. The number of Topliss-reactive ketones (excluding diaryl/α,β-unsaturated/α-hetero) is 1. The molecule has 2 aliphatic carbocycles. The number of carbonyl (C=O) groups excluding carboxylic acids is 1. The minimum Gasteiger partial charge on any atom is -0.298 e. The van der Waals surface area contributed by atoms with Gasteiger partial charge in [0.1, 0.15) is 5.78 Å². The van der Waals surface area contributed by atoms with Crippen molar-refractivity contribution in [3.8, 4) is 0 Å². The molecule has 14 heavy (non-hydrogen) atoms. The third-order valence-corrected chi connectivity index (χ3v) is 4.65. The number of fused-ring (bicyclic) bond motifs is 1. The molecular formula is C13H22O. The van der Waals surface area contributed by atoms with Gasteiger partial charge in [0.25, 0.3) is 0 Å². The van der Waals surface area contributed by atoms with Crippen LogP contribution in [0.25, 0.3) is 0 Å². The fourth-order valence-corrected chi connectivity index (χ4v) is 3.59. The van der Waals surface area contributed by atoms with E-state index in [0.717, 1.165) is 12.8 Å². The van der Waals surface area contributed by atoms with E-state index in [-0.39, 0.29) is 10.8 Å². The highest BCUT2D eigenvalue weighted by molar-refractivity contribution is 5.90. The predicted octanol–water partition coefficient (Wildman–Crippen LogP) is 3.57. The van der Waals surface area contributed by atoms with Crippen LogP contribution in [0, 0.1) is 16.7 Å². The van der Waals surface area contributed by atoms with Crippen LogP contribution in [0.2, 0.25) is 0 Å². The summed E-state index contributed by atoms with van der Waals surface area (Å²) in [5, 5.41) is 0. The Kier molecular flexibility index (Phi) is 2.24. The molecule has 2 unspecified atom stereocenters. The number of rotatable bonds is 0. The van der Waals surface area contributed by atoms with Gasteiger partial charge in [-0.1, -0.05) is 33.6 Å². The van der Waals surface area contributed by atoms with Crippen LogP contribution in [0.15, 0.2) is 0 Å². The highest BCUT2D eigenvalue weighted by atomic mass is 16.1. The van der Waals surface area contributed by atoms with Gasteiger partial charge in [0.05, 0.1) is 0 Å². The molecule has 0 radical (unpaired) electrons. The molecule has 0 saturated heterocycles. The second-order valence-corrected chi connectivity index (χ2v) is 6.11. The van der Waals surface area contributed by atoms with Crippen molar-refractivity contribution in [3.63, 3.8) is 0 Å². The molecule has 0 aromatic heterocycles. The molecule has 2 saturated carbocycles. The molecule has 80 valence electrons. The van der Waals surface area contributed by atoms with Gasteiger partial charge in [0.2, 0.25) is 0 Å². The summed E-state index contributed by atoms with van der Waals surface area (Å²) < 4.78 is 0. The van der Waals surface area contributed by atoms with Gasteiger partial charge in [-0.2, -0.15) is 0 Å². The Hall–Kier alpha value is -0.330. The first-order chi connectivity index (χ1) is 6.47. The van der Waals surface area contributed by atoms with E-state index >= 15 is 0 Å². The summed E-state index contributed by atoms with van der Waals surface area (Å²) in [6.45, 7) is 6.48. The maximum Gasteiger partial charge on any atom is 0.144 e. The van der Waals surface area contributed by atoms with E-state index in [4.69, 9.17) is 0 Å². The summed E-state index contributed by atoms with van der Waals surface area (Å²) in [6, 6.07) is 0. The van der Waals surface area contributed by atoms with Crippen molar-refractivity contribution < 1.29 is 4.79 Å². The van der Waals surface area contributed by atoms with Crippen LogP contribution >= 0.6 is 0 Å². The molecule has 0 aliphatic heterocycles. The van der Waals surface area contributed by atoms with Crippen LogP contribution < -0.4 is 0 Å². The number of hydrogen-bond acceptors (Lipinski definition) is 1. The first kappa shape index (κ1) is 10.2. The van der Waals surface area contributed by atoms with E-state index in [9.17, 15) is 4.79 Å². The van der Waals surface area contributed by atoms with E-state index < -0.39 is 0 Å². The minimum absolute atomic E-state index is 0.0278. The van der Waals surface area contributed by atoms with Crippen molar-refractivity contribution in [2.45, 2.75) is 59.3 Å². The second-order valence-electron chi connectivity index (χ2n) is 6.11. The van der Waals surface area contributed by atoms with Gasteiger partial charge >= 0.3 is 0 Å². The van der Waals surface area contributed by atoms with Gasteiger partial charge in [-0.3, -0.25) is 4.79 Å².